The van der Waals surface area contributed by atoms with Gasteiger partial charge in [-0.05, 0) is 25.0 Å². The van der Waals surface area contributed by atoms with E-state index in [1.807, 2.05) is 6.07 Å². The molecule has 1 aromatic carbocycles. The fourth-order valence-corrected chi connectivity index (χ4v) is 3.83. The van der Waals surface area contributed by atoms with Crippen molar-refractivity contribution in [3.63, 3.8) is 0 Å². The Balaban J connectivity index is 1.81. The van der Waals surface area contributed by atoms with Crippen LogP contribution in [-0.4, -0.2) is 74.2 Å². The largest absolute Gasteiger partial charge is 0.489 e. The number of hydrogen-bond acceptors (Lipinski definition) is 6. The van der Waals surface area contributed by atoms with Gasteiger partial charge >= 0.3 is 6.09 Å². The number of ether oxygens (including phenoxy) is 3. The molecule has 2 radical (unpaired) electrons. The van der Waals surface area contributed by atoms with Gasteiger partial charge < -0.3 is 29.4 Å². The summed E-state index contributed by atoms with van der Waals surface area (Å²) in [5, 5.41) is 2.56. The SMILES string of the molecule is [B]c1ccc(-c2cnc(C3CCCN3C(=O)[C@H](COCC=C)NC(=O)OC)[nH]2)c(OCC=C)c1. The number of alkyl carbamates (subject to hydrolysis) is 1. The highest BCUT2D eigenvalue weighted by molar-refractivity contribution is 6.32. The molecule has 1 aromatic heterocycles. The van der Waals surface area contributed by atoms with Crippen molar-refractivity contribution in [1.29, 1.82) is 0 Å². The number of rotatable bonds is 11. The summed E-state index contributed by atoms with van der Waals surface area (Å²) in [6.07, 6.45) is 5.78. The highest BCUT2D eigenvalue weighted by Gasteiger charge is 2.36. The van der Waals surface area contributed by atoms with Crippen LogP contribution in [0.2, 0.25) is 0 Å². The van der Waals surface area contributed by atoms with E-state index in [2.05, 4.69) is 33.2 Å². The number of nitrogens with one attached hydrogen (secondary N) is 2. The van der Waals surface area contributed by atoms with E-state index in [9.17, 15) is 9.59 Å². The van der Waals surface area contributed by atoms with E-state index in [-0.39, 0.29) is 25.2 Å². The molecule has 9 nitrogen and oxygen atoms in total. The van der Waals surface area contributed by atoms with Crippen LogP contribution in [0.3, 0.4) is 0 Å². The molecule has 0 bridgehead atoms. The van der Waals surface area contributed by atoms with Crippen molar-refractivity contribution in [3.8, 4) is 17.0 Å². The normalized spacial score (nSPS) is 16.0. The van der Waals surface area contributed by atoms with Crippen molar-refractivity contribution >= 4 is 25.3 Å². The number of amides is 2. The molecule has 2 amide bonds. The van der Waals surface area contributed by atoms with Gasteiger partial charge in [-0.2, -0.15) is 0 Å². The third kappa shape index (κ3) is 6.08. The van der Waals surface area contributed by atoms with Crippen molar-refractivity contribution in [3.05, 3.63) is 55.5 Å². The number of benzene rings is 1. The van der Waals surface area contributed by atoms with Crippen LogP contribution < -0.4 is 15.5 Å². The Kier molecular flexibility index (Phi) is 8.92. The van der Waals surface area contributed by atoms with Crippen molar-refractivity contribution in [2.24, 2.45) is 0 Å². The number of carbonyl (C=O) groups is 2. The van der Waals surface area contributed by atoms with Crippen LogP contribution in [0, 0.1) is 0 Å². The number of nitrogens with zero attached hydrogens (tertiary/aromatic N) is 2. The first-order valence-corrected chi connectivity index (χ1v) is 11.0. The molecule has 0 spiro atoms. The summed E-state index contributed by atoms with van der Waals surface area (Å²) in [5.74, 6) is 0.990. The van der Waals surface area contributed by atoms with Gasteiger partial charge in [0, 0.05) is 12.1 Å². The van der Waals surface area contributed by atoms with E-state index in [1.54, 1.807) is 35.4 Å². The molecule has 2 atom stereocenters. The van der Waals surface area contributed by atoms with Crippen molar-refractivity contribution in [1.82, 2.24) is 20.2 Å². The van der Waals surface area contributed by atoms with Gasteiger partial charge in [-0.25, -0.2) is 9.78 Å². The lowest BCUT2D eigenvalue weighted by Gasteiger charge is -2.28. The molecule has 2 aromatic rings. The van der Waals surface area contributed by atoms with Crippen molar-refractivity contribution in [2.45, 2.75) is 24.9 Å². The topological polar surface area (TPSA) is 106 Å². The van der Waals surface area contributed by atoms with E-state index in [4.69, 9.17) is 17.3 Å². The smallest absolute Gasteiger partial charge is 0.407 e. The minimum atomic E-state index is -0.890. The summed E-state index contributed by atoms with van der Waals surface area (Å²) in [7, 11) is 7.16. The van der Waals surface area contributed by atoms with Crippen molar-refractivity contribution < 1.29 is 23.8 Å². The van der Waals surface area contributed by atoms with Crippen LogP contribution in [0.4, 0.5) is 4.79 Å². The summed E-state index contributed by atoms with van der Waals surface area (Å²) in [4.78, 5) is 34.7. The van der Waals surface area contributed by atoms with Crippen LogP contribution in [-0.2, 0) is 14.3 Å². The van der Waals surface area contributed by atoms with Gasteiger partial charge in [0.1, 0.15) is 32.1 Å². The first-order valence-electron chi connectivity index (χ1n) is 11.0. The number of methoxy groups -OCH3 is 1. The molecule has 3 rings (SSSR count). The Labute approximate surface area is 200 Å². The first-order chi connectivity index (χ1) is 16.5. The second kappa shape index (κ2) is 12.1. The number of aromatic amines is 1. The van der Waals surface area contributed by atoms with E-state index in [0.717, 1.165) is 24.1 Å². The average Bonchev–Trinajstić information content (AvgIpc) is 3.51. The van der Waals surface area contributed by atoms with Gasteiger partial charge in [0.25, 0.3) is 0 Å². The molecule has 10 heteroatoms. The number of imidazole rings is 1. The molecule has 1 unspecified atom stereocenters. The van der Waals surface area contributed by atoms with E-state index in [1.165, 1.54) is 7.11 Å². The van der Waals surface area contributed by atoms with Crippen LogP contribution in [0.25, 0.3) is 11.3 Å². The standard InChI is InChI=1S/C24H29BN4O5/c1-4-11-33-15-19(28-24(31)32-3)23(30)29-10-6-7-20(29)22-26-14-18(27-22)17-9-8-16(25)13-21(17)34-12-5-2/h4-5,8-9,13-14,19-20H,1-2,6-7,10-12,15H2,3H3,(H,26,27)(H,28,31)/t19-,20?/m0/s1. The monoisotopic (exact) mass is 464 g/mol. The zero-order valence-electron chi connectivity index (χ0n) is 19.3. The highest BCUT2D eigenvalue weighted by atomic mass is 16.5. The Bertz CT molecular complexity index is 1020. The van der Waals surface area contributed by atoms with Gasteiger partial charge in [-0.15, -0.1) is 6.58 Å². The first kappa shape index (κ1) is 25.1. The fourth-order valence-electron chi connectivity index (χ4n) is 3.83. The average molecular weight is 464 g/mol. The van der Waals surface area contributed by atoms with Crippen LogP contribution in [0.15, 0.2) is 49.7 Å². The summed E-state index contributed by atoms with van der Waals surface area (Å²) < 4.78 is 15.9. The lowest BCUT2D eigenvalue weighted by molar-refractivity contribution is -0.135. The zero-order valence-corrected chi connectivity index (χ0v) is 19.3. The fraction of sp³-hybridized carbons (Fsp3) is 0.375. The molecule has 0 saturated carbocycles. The molecular weight excluding hydrogens is 435 g/mol. The second-order valence-corrected chi connectivity index (χ2v) is 7.74. The maximum atomic E-state index is 13.3. The van der Waals surface area contributed by atoms with Gasteiger partial charge in [0.2, 0.25) is 5.91 Å². The quantitative estimate of drug-likeness (QED) is 0.300. The van der Waals surface area contributed by atoms with Gasteiger partial charge in [-0.1, -0.05) is 30.3 Å². The zero-order chi connectivity index (χ0) is 24.5. The Morgan fingerprint density at radius 1 is 1.35 bits per heavy atom. The number of likely N-dealkylation sites (tertiary alicyclic amines) is 1. The number of H-pyrrole nitrogens is 1. The minimum Gasteiger partial charge on any atom is -0.489 e. The van der Waals surface area contributed by atoms with E-state index >= 15 is 0 Å². The molecule has 2 heterocycles. The molecule has 178 valence electrons. The summed E-state index contributed by atoms with van der Waals surface area (Å²) in [5.41, 5.74) is 2.12. The number of carbonyl (C=O) groups excluding carboxylic acids is 2. The molecule has 1 aliphatic heterocycles. The number of hydrogen-bond donors (Lipinski definition) is 2. The van der Waals surface area contributed by atoms with Gasteiger partial charge in [0.05, 0.1) is 38.3 Å². The summed E-state index contributed by atoms with van der Waals surface area (Å²) in [6, 6.07) is 4.23. The third-order valence-electron chi connectivity index (χ3n) is 5.40. The Morgan fingerprint density at radius 2 is 2.15 bits per heavy atom. The predicted octanol–water partition coefficient (Wildman–Crippen LogP) is 2.03. The Morgan fingerprint density at radius 3 is 2.88 bits per heavy atom. The summed E-state index contributed by atoms with van der Waals surface area (Å²) in [6.45, 7) is 8.42. The van der Waals surface area contributed by atoms with Gasteiger partial charge in [-0.3, -0.25) is 4.79 Å². The minimum absolute atomic E-state index is 0.00200. The van der Waals surface area contributed by atoms with Crippen LogP contribution in [0.1, 0.15) is 24.7 Å². The maximum Gasteiger partial charge on any atom is 0.407 e. The molecular formula is C24H29BN4O5. The molecule has 0 aliphatic carbocycles. The lowest BCUT2D eigenvalue weighted by atomic mass is 9.94. The van der Waals surface area contributed by atoms with E-state index < -0.39 is 12.1 Å². The lowest BCUT2D eigenvalue weighted by Crippen LogP contribution is -2.50. The molecule has 34 heavy (non-hydrogen) atoms. The van der Waals surface area contributed by atoms with Crippen molar-refractivity contribution in [2.75, 3.05) is 33.5 Å². The maximum absolute atomic E-state index is 13.3. The predicted molar refractivity (Wildman–Crippen MR) is 129 cm³/mol. The highest BCUT2D eigenvalue weighted by Crippen LogP contribution is 2.34. The summed E-state index contributed by atoms with van der Waals surface area (Å²) >= 11 is 0. The van der Waals surface area contributed by atoms with Gasteiger partial charge in [0.15, 0.2) is 0 Å². The van der Waals surface area contributed by atoms with Crippen LogP contribution >= 0.6 is 0 Å². The third-order valence-corrected chi connectivity index (χ3v) is 5.40. The van der Waals surface area contributed by atoms with Crippen LogP contribution in [0.5, 0.6) is 5.75 Å². The Hall–Kier alpha value is -3.53. The second-order valence-electron chi connectivity index (χ2n) is 7.74. The number of aromatic nitrogens is 2. The molecule has 1 aliphatic rings. The molecule has 2 N–H and O–H groups in total. The van der Waals surface area contributed by atoms with E-state index in [0.29, 0.717) is 30.2 Å². The molecule has 1 saturated heterocycles. The molecule has 1 fully saturated rings.